The van der Waals surface area contributed by atoms with Crippen molar-refractivity contribution in [1.29, 1.82) is 0 Å². The summed E-state index contributed by atoms with van der Waals surface area (Å²) in [5.74, 6) is 1.43. The van der Waals surface area contributed by atoms with Crippen molar-refractivity contribution < 1.29 is 9.90 Å². The zero-order valence-corrected chi connectivity index (χ0v) is 19.2. The van der Waals surface area contributed by atoms with Crippen molar-refractivity contribution in [1.82, 2.24) is 16.0 Å². The Bertz CT molecular complexity index is 579. The van der Waals surface area contributed by atoms with E-state index in [4.69, 9.17) is 0 Å². The number of aromatic hydroxyl groups is 1. The Kier molecular flexibility index (Phi) is 13.7. The molecule has 7 heteroatoms. The average Bonchev–Trinajstić information content (AvgIpc) is 2.59. The second kappa shape index (κ2) is 14.5. The monoisotopic (exact) mass is 490 g/mol. The van der Waals surface area contributed by atoms with Crippen LogP contribution in [0.4, 0.5) is 0 Å². The molecule has 6 nitrogen and oxygen atoms in total. The van der Waals surface area contributed by atoms with Gasteiger partial charge in [0.2, 0.25) is 0 Å². The predicted octanol–water partition coefficient (Wildman–Crippen LogP) is 3.51. The molecule has 0 bridgehead atoms. The first-order chi connectivity index (χ1) is 12.4. The van der Waals surface area contributed by atoms with E-state index in [9.17, 15) is 9.90 Å². The molecule has 27 heavy (non-hydrogen) atoms. The molecule has 0 spiro atoms. The van der Waals surface area contributed by atoms with Gasteiger partial charge in [-0.15, -0.1) is 24.0 Å². The van der Waals surface area contributed by atoms with Gasteiger partial charge in [0.15, 0.2) is 5.96 Å². The quantitative estimate of drug-likeness (QED) is 0.175. The second-order valence-corrected chi connectivity index (χ2v) is 6.94. The summed E-state index contributed by atoms with van der Waals surface area (Å²) in [5.41, 5.74) is 0.461. The number of hydrogen-bond donors (Lipinski definition) is 4. The minimum Gasteiger partial charge on any atom is -0.508 e. The van der Waals surface area contributed by atoms with Crippen LogP contribution in [0.2, 0.25) is 0 Å². The molecule has 0 saturated carbocycles. The Morgan fingerprint density at radius 3 is 2.56 bits per heavy atom. The maximum Gasteiger partial charge on any atom is 0.251 e. The fourth-order valence-electron chi connectivity index (χ4n) is 2.43. The molecule has 0 aliphatic heterocycles. The van der Waals surface area contributed by atoms with E-state index in [-0.39, 0.29) is 35.6 Å². The highest BCUT2D eigenvalue weighted by Crippen LogP contribution is 2.10. The van der Waals surface area contributed by atoms with E-state index in [0.29, 0.717) is 30.6 Å². The lowest BCUT2D eigenvalue weighted by Crippen LogP contribution is -2.42. The molecule has 0 saturated heterocycles. The number of nitrogens with one attached hydrogen (secondary N) is 3. The van der Waals surface area contributed by atoms with Crippen LogP contribution in [0.15, 0.2) is 29.3 Å². The van der Waals surface area contributed by atoms with Crippen LogP contribution >= 0.6 is 24.0 Å². The van der Waals surface area contributed by atoms with Crippen LogP contribution in [0.25, 0.3) is 0 Å². The van der Waals surface area contributed by atoms with Crippen LogP contribution < -0.4 is 16.0 Å². The van der Waals surface area contributed by atoms with E-state index in [1.165, 1.54) is 12.5 Å². The summed E-state index contributed by atoms with van der Waals surface area (Å²) >= 11 is 0. The molecule has 0 aliphatic carbocycles. The lowest BCUT2D eigenvalue weighted by molar-refractivity contribution is 0.0953. The van der Waals surface area contributed by atoms with Crippen LogP contribution in [0, 0.1) is 5.92 Å². The Morgan fingerprint density at radius 1 is 1.19 bits per heavy atom. The minimum atomic E-state index is -0.183. The van der Waals surface area contributed by atoms with Crippen molar-refractivity contribution in [3.63, 3.8) is 0 Å². The molecule has 154 valence electrons. The summed E-state index contributed by atoms with van der Waals surface area (Å²) in [4.78, 5) is 16.6. The third-order valence-electron chi connectivity index (χ3n) is 3.90. The Balaban J connectivity index is 0.00000676. The number of hydrogen-bond acceptors (Lipinski definition) is 3. The minimum absolute atomic E-state index is 0. The van der Waals surface area contributed by atoms with E-state index < -0.39 is 0 Å². The smallest absolute Gasteiger partial charge is 0.251 e. The zero-order chi connectivity index (χ0) is 19.4. The summed E-state index contributed by atoms with van der Waals surface area (Å²) < 4.78 is 0. The van der Waals surface area contributed by atoms with Gasteiger partial charge in [-0.25, -0.2) is 0 Å². The van der Waals surface area contributed by atoms with Crippen molar-refractivity contribution in [2.24, 2.45) is 10.9 Å². The van der Waals surface area contributed by atoms with Crippen molar-refractivity contribution in [3.8, 4) is 5.75 Å². The fourth-order valence-corrected chi connectivity index (χ4v) is 2.43. The van der Waals surface area contributed by atoms with E-state index in [2.05, 4.69) is 41.7 Å². The Hall–Kier alpha value is -1.51. The number of phenols is 1. The lowest BCUT2D eigenvalue weighted by atomic mass is 10.0. The number of phenolic OH excluding ortho intramolecular Hbond substituents is 1. The van der Waals surface area contributed by atoms with Crippen LogP contribution in [0.3, 0.4) is 0 Å². The molecule has 1 atom stereocenters. The first-order valence-electron chi connectivity index (χ1n) is 9.54. The van der Waals surface area contributed by atoms with E-state index >= 15 is 0 Å². The van der Waals surface area contributed by atoms with Gasteiger partial charge in [-0.3, -0.25) is 9.79 Å². The summed E-state index contributed by atoms with van der Waals surface area (Å²) in [6.45, 7) is 10.7. The number of halogens is 1. The number of carbonyl (C=O) groups is 1. The zero-order valence-electron chi connectivity index (χ0n) is 16.9. The maximum absolute atomic E-state index is 12.0. The number of guanidine groups is 1. The van der Waals surface area contributed by atoms with Gasteiger partial charge < -0.3 is 21.1 Å². The molecule has 4 N–H and O–H groups in total. The number of benzene rings is 1. The molecule has 0 fully saturated rings. The van der Waals surface area contributed by atoms with Crippen molar-refractivity contribution >= 4 is 35.8 Å². The number of rotatable bonds is 10. The molecule has 1 aromatic rings. The van der Waals surface area contributed by atoms with Gasteiger partial charge in [0, 0.05) is 31.2 Å². The molecule has 0 radical (unpaired) electrons. The van der Waals surface area contributed by atoms with Gasteiger partial charge in [-0.05, 0) is 57.2 Å². The van der Waals surface area contributed by atoms with Crippen LogP contribution in [0.5, 0.6) is 5.75 Å². The van der Waals surface area contributed by atoms with E-state index in [1.54, 1.807) is 18.2 Å². The molecule has 0 aliphatic rings. The maximum atomic E-state index is 12.0. The first-order valence-corrected chi connectivity index (χ1v) is 9.54. The number of amides is 1. The summed E-state index contributed by atoms with van der Waals surface area (Å²) in [6.07, 6.45) is 3.05. The summed E-state index contributed by atoms with van der Waals surface area (Å²) in [6, 6.07) is 6.71. The number of aliphatic imine (C=N–C) groups is 1. The average molecular weight is 490 g/mol. The van der Waals surface area contributed by atoms with Crippen molar-refractivity contribution in [2.75, 3.05) is 19.6 Å². The van der Waals surface area contributed by atoms with Crippen molar-refractivity contribution in [3.05, 3.63) is 29.8 Å². The third-order valence-corrected chi connectivity index (χ3v) is 3.90. The highest BCUT2D eigenvalue weighted by Gasteiger charge is 2.07. The predicted molar refractivity (Wildman–Crippen MR) is 123 cm³/mol. The standard InChI is InChI=1S/C20H34N4O2.HI/c1-5-21-20(24-16(4)11-10-15(2)3)23-13-7-12-22-19(26)17-8-6-9-18(25)14-17;/h6,8-9,14-16,25H,5,7,10-13H2,1-4H3,(H,22,26)(H2,21,23,24);1H. The summed E-state index contributed by atoms with van der Waals surface area (Å²) in [5, 5.41) is 18.9. The van der Waals surface area contributed by atoms with Gasteiger partial charge in [0.25, 0.3) is 5.91 Å². The fraction of sp³-hybridized carbons (Fsp3) is 0.600. The van der Waals surface area contributed by atoms with Gasteiger partial charge in [-0.2, -0.15) is 0 Å². The molecule has 0 heterocycles. The number of carbonyl (C=O) groups excluding carboxylic acids is 1. The first kappa shape index (κ1) is 25.5. The Morgan fingerprint density at radius 2 is 1.93 bits per heavy atom. The van der Waals surface area contributed by atoms with Gasteiger partial charge in [0.05, 0.1) is 0 Å². The molecular weight excluding hydrogens is 455 g/mol. The highest BCUT2D eigenvalue weighted by atomic mass is 127. The molecule has 1 rings (SSSR count). The third kappa shape index (κ3) is 11.7. The number of nitrogens with zero attached hydrogens (tertiary/aromatic N) is 1. The van der Waals surface area contributed by atoms with Crippen LogP contribution in [-0.2, 0) is 0 Å². The Labute approximate surface area is 180 Å². The second-order valence-electron chi connectivity index (χ2n) is 6.94. The molecule has 0 aromatic heterocycles. The molecule has 1 amide bonds. The summed E-state index contributed by atoms with van der Waals surface area (Å²) in [7, 11) is 0. The van der Waals surface area contributed by atoms with E-state index in [0.717, 1.165) is 25.3 Å². The molecule has 1 aromatic carbocycles. The normalized spacial score (nSPS) is 12.3. The highest BCUT2D eigenvalue weighted by molar-refractivity contribution is 14.0. The van der Waals surface area contributed by atoms with Crippen molar-refractivity contribution in [2.45, 2.75) is 53.0 Å². The lowest BCUT2D eigenvalue weighted by Gasteiger charge is -2.18. The largest absolute Gasteiger partial charge is 0.508 e. The molecular formula is C20H35IN4O2. The topological polar surface area (TPSA) is 85.8 Å². The van der Waals surface area contributed by atoms with E-state index in [1.807, 2.05) is 6.92 Å². The van der Waals surface area contributed by atoms with Gasteiger partial charge in [-0.1, -0.05) is 19.9 Å². The van der Waals surface area contributed by atoms with Gasteiger partial charge >= 0.3 is 0 Å². The van der Waals surface area contributed by atoms with Crippen LogP contribution in [0.1, 0.15) is 57.3 Å². The van der Waals surface area contributed by atoms with Crippen LogP contribution in [-0.4, -0.2) is 42.6 Å². The SMILES string of the molecule is CCNC(=NCCCNC(=O)c1cccc(O)c1)NC(C)CCC(C)C.I. The molecule has 1 unspecified atom stereocenters. The van der Waals surface area contributed by atoms with Gasteiger partial charge in [0.1, 0.15) is 5.75 Å².